The lowest BCUT2D eigenvalue weighted by Gasteiger charge is -2.20. The lowest BCUT2D eigenvalue weighted by atomic mass is 10.2. The van der Waals surface area contributed by atoms with Gasteiger partial charge in [0.2, 0.25) is 5.91 Å². The predicted molar refractivity (Wildman–Crippen MR) is 96.7 cm³/mol. The van der Waals surface area contributed by atoms with E-state index in [0.717, 1.165) is 0 Å². The van der Waals surface area contributed by atoms with Crippen LogP contribution in [0.4, 0.5) is 10.1 Å². The van der Waals surface area contributed by atoms with Crippen molar-refractivity contribution >= 4 is 27.5 Å². The second-order valence-corrected chi connectivity index (χ2v) is 6.20. The van der Waals surface area contributed by atoms with Crippen LogP contribution in [0.1, 0.15) is 12.5 Å². The molecule has 2 rings (SSSR count). The Morgan fingerprint density at radius 3 is 2.71 bits per heavy atom. The number of nitrogens with one attached hydrogen (secondary N) is 1. The van der Waals surface area contributed by atoms with Gasteiger partial charge in [-0.15, -0.1) is 0 Å². The molecule has 6 heteroatoms. The average molecular weight is 395 g/mol. The van der Waals surface area contributed by atoms with Crippen LogP contribution >= 0.6 is 15.9 Å². The summed E-state index contributed by atoms with van der Waals surface area (Å²) in [5, 5.41) is 2.83. The van der Waals surface area contributed by atoms with Crippen LogP contribution in [0.2, 0.25) is 0 Å². The number of hydrogen-bond acceptors (Lipinski definition) is 3. The van der Waals surface area contributed by atoms with Gasteiger partial charge in [-0.3, -0.25) is 9.69 Å². The summed E-state index contributed by atoms with van der Waals surface area (Å²) >= 11 is 3.24. The number of nitrogens with zero attached hydrogens (tertiary/aromatic N) is 1. The second-order valence-electron chi connectivity index (χ2n) is 5.29. The topological polar surface area (TPSA) is 41.6 Å². The molecule has 0 aliphatic heterocycles. The van der Waals surface area contributed by atoms with Gasteiger partial charge in [0.05, 0.1) is 19.3 Å². The van der Waals surface area contributed by atoms with Crippen LogP contribution in [0.3, 0.4) is 0 Å². The van der Waals surface area contributed by atoms with E-state index >= 15 is 0 Å². The highest BCUT2D eigenvalue weighted by Crippen LogP contribution is 2.23. The first-order valence-corrected chi connectivity index (χ1v) is 8.42. The van der Waals surface area contributed by atoms with Gasteiger partial charge in [-0.05, 0) is 30.8 Å². The third-order valence-electron chi connectivity index (χ3n) is 3.60. The van der Waals surface area contributed by atoms with Crippen LogP contribution < -0.4 is 10.1 Å². The molecule has 2 aromatic carbocycles. The number of para-hydroxylation sites is 2. The van der Waals surface area contributed by atoms with E-state index in [4.69, 9.17) is 4.74 Å². The van der Waals surface area contributed by atoms with Crippen LogP contribution in [0.5, 0.6) is 5.75 Å². The highest BCUT2D eigenvalue weighted by Gasteiger charge is 2.13. The fraction of sp³-hybridized carbons (Fsp3) is 0.278. The van der Waals surface area contributed by atoms with Gasteiger partial charge >= 0.3 is 0 Å². The molecule has 4 nitrogen and oxygen atoms in total. The van der Waals surface area contributed by atoms with Gasteiger partial charge in [0.1, 0.15) is 11.6 Å². The molecular formula is C18H20BrFN2O2. The van der Waals surface area contributed by atoms with Gasteiger partial charge in [-0.2, -0.15) is 0 Å². The number of carbonyl (C=O) groups excluding carboxylic acids is 1. The fourth-order valence-electron chi connectivity index (χ4n) is 2.31. The Hall–Kier alpha value is -1.92. The molecule has 0 unspecified atom stereocenters. The molecule has 0 spiro atoms. The Kier molecular flexibility index (Phi) is 6.75. The molecule has 0 aliphatic rings. The highest BCUT2D eigenvalue weighted by molar-refractivity contribution is 9.10. The van der Waals surface area contributed by atoms with E-state index in [1.54, 1.807) is 31.4 Å². The van der Waals surface area contributed by atoms with Crippen LogP contribution in [0.25, 0.3) is 0 Å². The summed E-state index contributed by atoms with van der Waals surface area (Å²) in [6, 6.07) is 12.2. The van der Waals surface area contributed by atoms with E-state index in [0.29, 0.717) is 34.6 Å². The maximum absolute atomic E-state index is 14.0. The van der Waals surface area contributed by atoms with E-state index in [2.05, 4.69) is 21.2 Å². The summed E-state index contributed by atoms with van der Waals surface area (Å²) in [6.07, 6.45) is 0. The molecule has 1 amide bonds. The van der Waals surface area contributed by atoms with Crippen molar-refractivity contribution in [1.29, 1.82) is 0 Å². The number of anilines is 1. The van der Waals surface area contributed by atoms with Crippen LogP contribution in [-0.4, -0.2) is 31.0 Å². The number of halogens is 2. The lowest BCUT2D eigenvalue weighted by Crippen LogP contribution is -2.33. The molecule has 0 saturated heterocycles. The molecule has 128 valence electrons. The Morgan fingerprint density at radius 1 is 1.29 bits per heavy atom. The number of amides is 1. The maximum atomic E-state index is 14.0. The molecule has 24 heavy (non-hydrogen) atoms. The first-order valence-electron chi connectivity index (χ1n) is 7.62. The predicted octanol–water partition coefficient (Wildman–Crippen LogP) is 4.06. The smallest absolute Gasteiger partial charge is 0.238 e. The normalized spacial score (nSPS) is 10.7. The van der Waals surface area contributed by atoms with E-state index in [9.17, 15) is 9.18 Å². The molecule has 0 aromatic heterocycles. The first kappa shape index (κ1) is 18.4. The van der Waals surface area contributed by atoms with E-state index < -0.39 is 0 Å². The van der Waals surface area contributed by atoms with Crippen molar-refractivity contribution in [3.63, 3.8) is 0 Å². The fourth-order valence-corrected chi connectivity index (χ4v) is 2.64. The third kappa shape index (κ3) is 5.04. The minimum atomic E-state index is -0.284. The summed E-state index contributed by atoms with van der Waals surface area (Å²) < 4.78 is 19.9. The van der Waals surface area contributed by atoms with Crippen molar-refractivity contribution in [3.05, 3.63) is 58.3 Å². The van der Waals surface area contributed by atoms with Crippen molar-refractivity contribution in [2.75, 3.05) is 25.5 Å². The van der Waals surface area contributed by atoms with Gasteiger partial charge in [0.25, 0.3) is 0 Å². The Morgan fingerprint density at radius 2 is 2.04 bits per heavy atom. The molecule has 0 bridgehead atoms. The van der Waals surface area contributed by atoms with Gasteiger partial charge in [0.15, 0.2) is 0 Å². The average Bonchev–Trinajstić information content (AvgIpc) is 2.57. The standard InChI is InChI=1S/C18H20BrFN2O2/c1-3-22(11-13-8-9-14(19)10-15(13)20)12-18(23)21-16-6-4-5-7-17(16)24-2/h4-10H,3,11-12H2,1-2H3,(H,21,23). The Bertz CT molecular complexity index is 709. The van der Waals surface area contributed by atoms with E-state index in [1.165, 1.54) is 6.07 Å². The molecule has 0 heterocycles. The SMILES string of the molecule is CCN(CC(=O)Nc1ccccc1OC)Cc1ccc(Br)cc1F. The summed E-state index contributed by atoms with van der Waals surface area (Å²) in [5.74, 6) is 0.152. The Labute approximate surface area is 149 Å². The molecule has 1 N–H and O–H groups in total. The van der Waals surface area contributed by atoms with E-state index in [-0.39, 0.29) is 18.3 Å². The summed E-state index contributed by atoms with van der Waals surface area (Å²) in [6.45, 7) is 3.11. The van der Waals surface area contributed by atoms with Crippen LogP contribution in [0.15, 0.2) is 46.9 Å². The van der Waals surface area contributed by atoms with Crippen molar-refractivity contribution in [1.82, 2.24) is 4.90 Å². The highest BCUT2D eigenvalue weighted by atomic mass is 79.9. The number of carbonyl (C=O) groups is 1. The first-order chi connectivity index (χ1) is 11.5. The zero-order chi connectivity index (χ0) is 17.5. The van der Waals surface area contributed by atoms with Gasteiger partial charge in [0, 0.05) is 16.6 Å². The van der Waals surface area contributed by atoms with Gasteiger partial charge in [-0.25, -0.2) is 4.39 Å². The molecule has 0 fully saturated rings. The molecule has 0 atom stereocenters. The van der Waals surface area contributed by atoms with Gasteiger partial charge in [-0.1, -0.05) is 41.1 Å². The maximum Gasteiger partial charge on any atom is 0.238 e. The number of likely N-dealkylation sites (N-methyl/N-ethyl adjacent to an activating group) is 1. The molecular weight excluding hydrogens is 375 g/mol. The molecule has 0 saturated carbocycles. The van der Waals surface area contributed by atoms with E-state index in [1.807, 2.05) is 24.0 Å². The van der Waals surface area contributed by atoms with Crippen molar-refractivity contribution in [3.8, 4) is 5.75 Å². The molecule has 2 aromatic rings. The zero-order valence-electron chi connectivity index (χ0n) is 13.7. The number of methoxy groups -OCH3 is 1. The zero-order valence-corrected chi connectivity index (χ0v) is 15.3. The second kappa shape index (κ2) is 8.80. The van der Waals surface area contributed by atoms with Crippen LogP contribution in [0, 0.1) is 5.82 Å². The number of benzene rings is 2. The summed E-state index contributed by atoms with van der Waals surface area (Å²) in [4.78, 5) is 14.1. The van der Waals surface area contributed by atoms with Crippen molar-refractivity contribution in [2.24, 2.45) is 0 Å². The van der Waals surface area contributed by atoms with Gasteiger partial charge < -0.3 is 10.1 Å². The van der Waals surface area contributed by atoms with Crippen molar-refractivity contribution in [2.45, 2.75) is 13.5 Å². The molecule has 0 aliphatic carbocycles. The monoisotopic (exact) mass is 394 g/mol. The Balaban J connectivity index is 2.00. The number of rotatable bonds is 7. The summed E-state index contributed by atoms with van der Waals surface area (Å²) in [7, 11) is 1.56. The number of hydrogen-bond donors (Lipinski definition) is 1. The van der Waals surface area contributed by atoms with Crippen molar-refractivity contribution < 1.29 is 13.9 Å². The third-order valence-corrected chi connectivity index (χ3v) is 4.10. The quantitative estimate of drug-likeness (QED) is 0.769. The summed E-state index contributed by atoms with van der Waals surface area (Å²) in [5.41, 5.74) is 1.18. The minimum absolute atomic E-state index is 0.168. The number of ether oxygens (including phenoxy) is 1. The van der Waals surface area contributed by atoms with Crippen LogP contribution in [-0.2, 0) is 11.3 Å². The largest absolute Gasteiger partial charge is 0.495 e. The molecule has 0 radical (unpaired) electrons. The lowest BCUT2D eigenvalue weighted by molar-refractivity contribution is -0.117. The minimum Gasteiger partial charge on any atom is -0.495 e.